The maximum absolute atomic E-state index is 8.88. The summed E-state index contributed by atoms with van der Waals surface area (Å²) in [7, 11) is 0. The number of rotatable bonds is 4. The van der Waals surface area contributed by atoms with Gasteiger partial charge in [-0.05, 0) is 25.0 Å². The molecule has 1 fully saturated rings. The Bertz CT molecular complexity index is 464. The Morgan fingerprint density at radius 1 is 1.25 bits per heavy atom. The third-order valence-electron chi connectivity index (χ3n) is 2.95. The number of hydrogen-bond acceptors (Lipinski definition) is 3. The molecule has 2 rings (SSSR count). The van der Waals surface area contributed by atoms with Crippen LogP contribution in [-0.2, 0) is 0 Å². The van der Waals surface area contributed by atoms with Crippen LogP contribution in [0.1, 0.15) is 24.8 Å². The Balaban J connectivity index is 2.01. The Kier molecular flexibility index (Phi) is 2.79. The normalized spacial score (nSPS) is 15.9. The van der Waals surface area contributed by atoms with Gasteiger partial charge in [-0.1, -0.05) is 12.1 Å². The molecule has 1 aromatic rings. The summed E-state index contributed by atoms with van der Waals surface area (Å²) in [6.07, 6.45) is 2.65. The summed E-state index contributed by atoms with van der Waals surface area (Å²) >= 11 is 0. The number of para-hydroxylation sites is 1. The van der Waals surface area contributed by atoms with Crippen LogP contribution in [0.15, 0.2) is 24.3 Å². The molecule has 0 unspecified atom stereocenters. The van der Waals surface area contributed by atoms with Crippen LogP contribution in [0.2, 0.25) is 0 Å². The van der Waals surface area contributed by atoms with Gasteiger partial charge >= 0.3 is 0 Å². The van der Waals surface area contributed by atoms with Gasteiger partial charge in [0.1, 0.15) is 11.8 Å². The van der Waals surface area contributed by atoms with Gasteiger partial charge in [0.2, 0.25) is 0 Å². The van der Waals surface area contributed by atoms with Crippen molar-refractivity contribution in [1.29, 1.82) is 10.5 Å². The molecule has 1 aliphatic rings. The second kappa shape index (κ2) is 4.24. The second-order valence-corrected chi connectivity index (χ2v) is 4.23. The number of nitrogens with zero attached hydrogens (tertiary/aromatic N) is 2. The lowest BCUT2D eigenvalue weighted by Gasteiger charge is -2.13. The highest BCUT2D eigenvalue weighted by atomic mass is 16.5. The van der Waals surface area contributed by atoms with E-state index >= 15 is 0 Å². The summed E-state index contributed by atoms with van der Waals surface area (Å²) < 4.78 is 5.63. The molecule has 1 aromatic carbocycles. The van der Waals surface area contributed by atoms with E-state index in [1.54, 1.807) is 12.1 Å². The Hall–Kier alpha value is -2.00. The highest BCUT2D eigenvalue weighted by Crippen LogP contribution is 2.48. The van der Waals surface area contributed by atoms with Crippen molar-refractivity contribution in [1.82, 2.24) is 0 Å². The van der Waals surface area contributed by atoms with Crippen molar-refractivity contribution in [3.63, 3.8) is 0 Å². The SMILES string of the molecule is N#CCC1(COc2ccccc2C#N)CC1. The number of ether oxygens (including phenoxy) is 1. The third-order valence-corrected chi connectivity index (χ3v) is 2.95. The van der Waals surface area contributed by atoms with E-state index < -0.39 is 0 Å². The first-order valence-electron chi connectivity index (χ1n) is 5.29. The van der Waals surface area contributed by atoms with E-state index in [2.05, 4.69) is 12.1 Å². The summed E-state index contributed by atoms with van der Waals surface area (Å²) in [6.45, 7) is 0.541. The molecule has 0 heterocycles. The lowest BCUT2D eigenvalue weighted by atomic mass is 10.1. The predicted molar refractivity (Wildman–Crippen MR) is 58.5 cm³/mol. The largest absolute Gasteiger partial charge is 0.492 e. The van der Waals surface area contributed by atoms with E-state index in [1.165, 1.54) is 0 Å². The van der Waals surface area contributed by atoms with E-state index in [0.29, 0.717) is 24.3 Å². The molecule has 0 spiro atoms. The molecular formula is C13H12N2O. The molecule has 0 radical (unpaired) electrons. The molecule has 0 bridgehead atoms. The van der Waals surface area contributed by atoms with Crippen LogP contribution >= 0.6 is 0 Å². The minimum absolute atomic E-state index is 0.0529. The maximum Gasteiger partial charge on any atom is 0.137 e. The third kappa shape index (κ3) is 2.15. The average molecular weight is 212 g/mol. The molecule has 1 saturated carbocycles. The highest BCUT2D eigenvalue weighted by molar-refractivity contribution is 5.42. The van der Waals surface area contributed by atoms with Crippen LogP contribution in [0.3, 0.4) is 0 Å². The summed E-state index contributed by atoms with van der Waals surface area (Å²) in [5, 5.41) is 17.6. The Morgan fingerprint density at radius 3 is 2.62 bits per heavy atom. The van der Waals surface area contributed by atoms with E-state index in [1.807, 2.05) is 12.1 Å². The standard InChI is InChI=1S/C13H12N2O/c14-8-7-13(5-6-13)10-16-12-4-2-1-3-11(12)9-15/h1-4H,5-7,10H2. The summed E-state index contributed by atoms with van der Waals surface area (Å²) in [5.41, 5.74) is 0.604. The molecule has 80 valence electrons. The molecule has 3 nitrogen and oxygen atoms in total. The van der Waals surface area contributed by atoms with Crippen LogP contribution in [0, 0.1) is 28.1 Å². The Morgan fingerprint density at radius 2 is 2.00 bits per heavy atom. The first kappa shape index (κ1) is 10.5. The van der Waals surface area contributed by atoms with Crippen LogP contribution < -0.4 is 4.74 Å². The molecule has 0 N–H and O–H groups in total. The molecule has 16 heavy (non-hydrogen) atoms. The van der Waals surface area contributed by atoms with Crippen molar-refractivity contribution < 1.29 is 4.74 Å². The first-order chi connectivity index (χ1) is 7.79. The smallest absolute Gasteiger partial charge is 0.137 e. The summed E-state index contributed by atoms with van der Waals surface area (Å²) in [5.74, 6) is 0.620. The molecule has 0 atom stereocenters. The van der Waals surface area contributed by atoms with Gasteiger partial charge in [-0.2, -0.15) is 10.5 Å². The van der Waals surface area contributed by atoms with E-state index in [9.17, 15) is 0 Å². The highest BCUT2D eigenvalue weighted by Gasteiger charge is 2.43. The van der Waals surface area contributed by atoms with Gasteiger partial charge in [-0.3, -0.25) is 0 Å². The van der Waals surface area contributed by atoms with Crippen LogP contribution in [0.4, 0.5) is 0 Å². The molecule has 0 saturated heterocycles. The first-order valence-corrected chi connectivity index (χ1v) is 5.29. The van der Waals surface area contributed by atoms with Gasteiger partial charge < -0.3 is 4.74 Å². The minimum atomic E-state index is 0.0529. The van der Waals surface area contributed by atoms with Gasteiger partial charge in [0.15, 0.2) is 0 Å². The quantitative estimate of drug-likeness (QED) is 0.770. The lowest BCUT2D eigenvalue weighted by Crippen LogP contribution is -2.12. The molecule has 1 aliphatic carbocycles. The van der Waals surface area contributed by atoms with E-state index in [4.69, 9.17) is 15.3 Å². The molecule has 0 aliphatic heterocycles. The van der Waals surface area contributed by atoms with Crippen molar-refractivity contribution in [2.24, 2.45) is 5.41 Å². The fraction of sp³-hybridized carbons (Fsp3) is 0.385. The topological polar surface area (TPSA) is 56.8 Å². The fourth-order valence-corrected chi connectivity index (χ4v) is 1.63. The van der Waals surface area contributed by atoms with Crippen LogP contribution in [0.5, 0.6) is 5.75 Å². The number of benzene rings is 1. The monoisotopic (exact) mass is 212 g/mol. The zero-order chi connectivity index (χ0) is 11.4. The van der Waals surface area contributed by atoms with E-state index in [-0.39, 0.29) is 5.41 Å². The summed E-state index contributed by atoms with van der Waals surface area (Å²) in [4.78, 5) is 0. The fourth-order valence-electron chi connectivity index (χ4n) is 1.63. The van der Waals surface area contributed by atoms with Gasteiger partial charge in [0, 0.05) is 11.8 Å². The van der Waals surface area contributed by atoms with Crippen molar-refractivity contribution in [2.75, 3.05) is 6.61 Å². The minimum Gasteiger partial charge on any atom is -0.492 e. The Labute approximate surface area is 94.9 Å². The zero-order valence-corrected chi connectivity index (χ0v) is 8.94. The van der Waals surface area contributed by atoms with Gasteiger partial charge in [-0.25, -0.2) is 0 Å². The summed E-state index contributed by atoms with van der Waals surface area (Å²) in [6, 6.07) is 11.5. The second-order valence-electron chi connectivity index (χ2n) is 4.23. The molecule has 3 heteroatoms. The van der Waals surface area contributed by atoms with E-state index in [0.717, 1.165) is 12.8 Å². The molecule has 0 amide bonds. The number of hydrogen-bond donors (Lipinski definition) is 0. The van der Waals surface area contributed by atoms with Crippen LogP contribution in [0.25, 0.3) is 0 Å². The zero-order valence-electron chi connectivity index (χ0n) is 8.94. The van der Waals surface area contributed by atoms with Crippen LogP contribution in [-0.4, -0.2) is 6.61 Å². The maximum atomic E-state index is 8.88. The van der Waals surface area contributed by atoms with Crippen molar-refractivity contribution in [3.05, 3.63) is 29.8 Å². The van der Waals surface area contributed by atoms with Gasteiger partial charge in [-0.15, -0.1) is 0 Å². The van der Waals surface area contributed by atoms with Gasteiger partial charge in [0.25, 0.3) is 0 Å². The lowest BCUT2D eigenvalue weighted by molar-refractivity contribution is 0.236. The van der Waals surface area contributed by atoms with Crippen molar-refractivity contribution in [2.45, 2.75) is 19.3 Å². The molecule has 0 aromatic heterocycles. The molecular weight excluding hydrogens is 200 g/mol. The van der Waals surface area contributed by atoms with Crippen molar-refractivity contribution in [3.8, 4) is 17.9 Å². The number of nitriles is 2. The van der Waals surface area contributed by atoms with Gasteiger partial charge in [0.05, 0.1) is 18.2 Å². The average Bonchev–Trinajstić information content (AvgIpc) is 3.08. The predicted octanol–water partition coefficient (Wildman–Crippen LogP) is 2.63. The van der Waals surface area contributed by atoms with Crippen molar-refractivity contribution >= 4 is 0 Å².